The zero-order chi connectivity index (χ0) is 9.84. The second-order valence-electron chi connectivity index (χ2n) is 5.01. The van der Waals surface area contributed by atoms with E-state index in [1.54, 1.807) is 0 Å². The Balaban J connectivity index is 2.48. The largest absolute Gasteiger partial charge is 0.0654 e. The van der Waals surface area contributed by atoms with Crippen LogP contribution < -0.4 is 0 Å². The van der Waals surface area contributed by atoms with Gasteiger partial charge >= 0.3 is 0 Å². The molecule has 0 amide bonds. The first-order valence-electron chi connectivity index (χ1n) is 6.20. The molecule has 1 rings (SSSR count). The fourth-order valence-corrected chi connectivity index (χ4v) is 3.17. The van der Waals surface area contributed by atoms with Gasteiger partial charge in [-0.2, -0.15) is 0 Å². The highest BCUT2D eigenvalue weighted by Crippen LogP contribution is 2.41. The molecule has 0 heteroatoms. The molecule has 1 fully saturated rings. The van der Waals surface area contributed by atoms with Crippen molar-refractivity contribution in [3.05, 3.63) is 0 Å². The molecule has 13 heavy (non-hydrogen) atoms. The van der Waals surface area contributed by atoms with Crippen molar-refractivity contribution in [3.8, 4) is 0 Å². The van der Waals surface area contributed by atoms with Crippen LogP contribution in [0.25, 0.3) is 0 Å². The van der Waals surface area contributed by atoms with Crippen molar-refractivity contribution in [1.29, 1.82) is 0 Å². The van der Waals surface area contributed by atoms with Crippen molar-refractivity contribution in [2.75, 3.05) is 0 Å². The van der Waals surface area contributed by atoms with Crippen LogP contribution in [0.4, 0.5) is 0 Å². The topological polar surface area (TPSA) is 0 Å². The summed E-state index contributed by atoms with van der Waals surface area (Å²) in [5.41, 5.74) is 0. The molecule has 0 bridgehead atoms. The van der Waals surface area contributed by atoms with Crippen LogP contribution in [0.5, 0.6) is 0 Å². The highest BCUT2D eigenvalue weighted by Gasteiger charge is 2.32. The van der Waals surface area contributed by atoms with Crippen LogP contribution in [0.15, 0.2) is 0 Å². The van der Waals surface area contributed by atoms with E-state index in [4.69, 9.17) is 0 Å². The molecule has 0 aliphatic heterocycles. The third-order valence-electron chi connectivity index (χ3n) is 4.41. The first-order valence-corrected chi connectivity index (χ1v) is 6.20. The zero-order valence-electron chi connectivity index (χ0n) is 9.84. The number of rotatable bonds is 3. The van der Waals surface area contributed by atoms with E-state index in [-0.39, 0.29) is 0 Å². The van der Waals surface area contributed by atoms with Crippen LogP contribution in [0.3, 0.4) is 0 Å². The molecule has 1 saturated carbocycles. The fourth-order valence-electron chi connectivity index (χ4n) is 3.17. The molecule has 78 valence electrons. The van der Waals surface area contributed by atoms with Gasteiger partial charge in [0.15, 0.2) is 0 Å². The van der Waals surface area contributed by atoms with Crippen LogP contribution in [0, 0.1) is 23.7 Å². The summed E-state index contributed by atoms with van der Waals surface area (Å²) < 4.78 is 0. The SMILES string of the molecule is CCCC1CCC(CC)C(C)C1C. The Morgan fingerprint density at radius 3 is 2.00 bits per heavy atom. The molecule has 4 atom stereocenters. The highest BCUT2D eigenvalue weighted by molar-refractivity contribution is 4.82. The normalized spacial score (nSPS) is 40.6. The van der Waals surface area contributed by atoms with Crippen LogP contribution in [-0.2, 0) is 0 Å². The molecular weight excluding hydrogens is 156 g/mol. The second-order valence-corrected chi connectivity index (χ2v) is 5.01. The summed E-state index contributed by atoms with van der Waals surface area (Å²) >= 11 is 0. The lowest BCUT2D eigenvalue weighted by molar-refractivity contribution is 0.106. The summed E-state index contributed by atoms with van der Waals surface area (Å²) in [4.78, 5) is 0. The van der Waals surface area contributed by atoms with Crippen molar-refractivity contribution in [2.24, 2.45) is 23.7 Å². The third-order valence-corrected chi connectivity index (χ3v) is 4.41. The molecule has 0 aromatic rings. The van der Waals surface area contributed by atoms with Crippen LogP contribution in [0.2, 0.25) is 0 Å². The van der Waals surface area contributed by atoms with E-state index in [1.165, 1.54) is 32.1 Å². The van der Waals surface area contributed by atoms with E-state index in [1.807, 2.05) is 0 Å². The summed E-state index contributed by atoms with van der Waals surface area (Å²) in [6, 6.07) is 0. The van der Waals surface area contributed by atoms with Gasteiger partial charge in [-0.05, 0) is 36.5 Å². The van der Waals surface area contributed by atoms with Gasteiger partial charge in [0.1, 0.15) is 0 Å². The van der Waals surface area contributed by atoms with Gasteiger partial charge in [0.25, 0.3) is 0 Å². The second kappa shape index (κ2) is 5.02. The van der Waals surface area contributed by atoms with Crippen molar-refractivity contribution >= 4 is 0 Å². The van der Waals surface area contributed by atoms with Crippen LogP contribution >= 0.6 is 0 Å². The minimum Gasteiger partial charge on any atom is -0.0654 e. The summed E-state index contributed by atoms with van der Waals surface area (Å²) in [5, 5.41) is 0. The minimum atomic E-state index is 0.968. The van der Waals surface area contributed by atoms with E-state index in [0.29, 0.717) is 0 Å². The highest BCUT2D eigenvalue weighted by atomic mass is 14.4. The predicted octanol–water partition coefficient (Wildman–Crippen LogP) is 4.49. The van der Waals surface area contributed by atoms with Crippen molar-refractivity contribution < 1.29 is 0 Å². The van der Waals surface area contributed by atoms with Gasteiger partial charge in [-0.15, -0.1) is 0 Å². The van der Waals surface area contributed by atoms with E-state index in [9.17, 15) is 0 Å². The Kier molecular flexibility index (Phi) is 4.28. The Labute approximate surface area is 84.1 Å². The standard InChI is InChI=1S/C13H26/c1-5-7-13-9-8-12(6-2)10(3)11(13)4/h10-13H,5-9H2,1-4H3. The molecule has 0 N–H and O–H groups in total. The Bertz CT molecular complexity index is 137. The van der Waals surface area contributed by atoms with Gasteiger partial charge in [0.2, 0.25) is 0 Å². The molecule has 0 spiro atoms. The molecule has 0 saturated heterocycles. The smallest absolute Gasteiger partial charge is 0.0386 e. The van der Waals surface area contributed by atoms with Gasteiger partial charge in [0, 0.05) is 0 Å². The van der Waals surface area contributed by atoms with Crippen LogP contribution in [0.1, 0.15) is 59.8 Å². The molecule has 0 aromatic heterocycles. The average Bonchev–Trinajstić information content (AvgIpc) is 2.14. The van der Waals surface area contributed by atoms with E-state index in [0.717, 1.165) is 23.7 Å². The third kappa shape index (κ3) is 2.48. The lowest BCUT2D eigenvalue weighted by Gasteiger charge is -2.39. The minimum absolute atomic E-state index is 0.968. The maximum absolute atomic E-state index is 2.48. The monoisotopic (exact) mass is 182 g/mol. The van der Waals surface area contributed by atoms with Crippen LogP contribution in [-0.4, -0.2) is 0 Å². The molecule has 1 aliphatic carbocycles. The van der Waals surface area contributed by atoms with E-state index < -0.39 is 0 Å². The van der Waals surface area contributed by atoms with Gasteiger partial charge in [-0.25, -0.2) is 0 Å². The molecular formula is C13H26. The zero-order valence-corrected chi connectivity index (χ0v) is 9.84. The molecule has 0 heterocycles. The number of hydrogen-bond acceptors (Lipinski definition) is 0. The Hall–Kier alpha value is 0. The molecule has 0 radical (unpaired) electrons. The average molecular weight is 182 g/mol. The van der Waals surface area contributed by atoms with Gasteiger partial charge in [0.05, 0.1) is 0 Å². The predicted molar refractivity (Wildman–Crippen MR) is 59.7 cm³/mol. The first kappa shape index (κ1) is 11.1. The maximum Gasteiger partial charge on any atom is -0.0386 e. The Morgan fingerprint density at radius 2 is 1.46 bits per heavy atom. The summed E-state index contributed by atoms with van der Waals surface area (Å²) in [6.07, 6.45) is 7.22. The fraction of sp³-hybridized carbons (Fsp3) is 1.00. The van der Waals surface area contributed by atoms with Gasteiger partial charge in [-0.1, -0.05) is 47.0 Å². The first-order chi connectivity index (χ1) is 6.20. The number of hydrogen-bond donors (Lipinski definition) is 0. The van der Waals surface area contributed by atoms with E-state index in [2.05, 4.69) is 27.7 Å². The maximum atomic E-state index is 2.48. The van der Waals surface area contributed by atoms with Crippen molar-refractivity contribution in [3.63, 3.8) is 0 Å². The Morgan fingerprint density at radius 1 is 0.923 bits per heavy atom. The lowest BCUT2D eigenvalue weighted by Crippen LogP contribution is -2.30. The van der Waals surface area contributed by atoms with E-state index >= 15 is 0 Å². The molecule has 0 aromatic carbocycles. The quantitative estimate of drug-likeness (QED) is 0.603. The lowest BCUT2D eigenvalue weighted by atomic mass is 9.66. The molecule has 4 unspecified atom stereocenters. The molecule has 1 aliphatic rings. The summed E-state index contributed by atoms with van der Waals surface area (Å²) in [6.45, 7) is 9.63. The van der Waals surface area contributed by atoms with Crippen molar-refractivity contribution in [2.45, 2.75) is 59.8 Å². The van der Waals surface area contributed by atoms with Gasteiger partial charge < -0.3 is 0 Å². The van der Waals surface area contributed by atoms with Crippen molar-refractivity contribution in [1.82, 2.24) is 0 Å². The summed E-state index contributed by atoms with van der Waals surface area (Å²) in [5.74, 6) is 3.99. The molecule has 0 nitrogen and oxygen atoms in total. The summed E-state index contributed by atoms with van der Waals surface area (Å²) in [7, 11) is 0. The van der Waals surface area contributed by atoms with Gasteiger partial charge in [-0.3, -0.25) is 0 Å².